The van der Waals surface area contributed by atoms with Gasteiger partial charge in [-0.2, -0.15) is 0 Å². The van der Waals surface area contributed by atoms with E-state index >= 15 is 0 Å². The monoisotopic (exact) mass is 324 g/mol. The smallest absolute Gasteiger partial charge is 0.319 e. The van der Waals surface area contributed by atoms with Gasteiger partial charge >= 0.3 is 6.03 Å². The fourth-order valence-corrected chi connectivity index (χ4v) is 1.85. The van der Waals surface area contributed by atoms with E-state index in [2.05, 4.69) is 26.6 Å². The van der Waals surface area contributed by atoms with Gasteiger partial charge < -0.3 is 10.6 Å². The van der Waals surface area contributed by atoms with Crippen LogP contribution < -0.4 is 10.6 Å². The van der Waals surface area contributed by atoms with E-state index in [1.165, 1.54) is 0 Å². The molecule has 6 heteroatoms. The minimum Gasteiger partial charge on any atom is -0.338 e. The van der Waals surface area contributed by atoms with Crippen LogP contribution in [0.25, 0.3) is 0 Å². The lowest BCUT2D eigenvalue weighted by molar-refractivity contribution is 0.252. The number of urea groups is 1. The zero-order chi connectivity index (χ0) is 12.1. The van der Waals surface area contributed by atoms with Crippen molar-refractivity contribution in [3.05, 3.63) is 26.7 Å². The molecule has 0 saturated heterocycles. The van der Waals surface area contributed by atoms with Gasteiger partial charge in [0.05, 0.1) is 15.7 Å². The molecule has 0 aliphatic heterocycles. The summed E-state index contributed by atoms with van der Waals surface area (Å²) in [6, 6.07) is 3.12. The predicted molar refractivity (Wildman–Crippen MR) is 71.5 cm³/mol. The summed E-state index contributed by atoms with van der Waals surface area (Å²) in [6.45, 7) is 2.59. The van der Waals surface area contributed by atoms with Gasteiger partial charge in [-0.1, -0.05) is 30.1 Å². The minimum atomic E-state index is -0.290. The Balaban J connectivity index is 2.74. The summed E-state index contributed by atoms with van der Waals surface area (Å²) in [5, 5.41) is 6.01. The van der Waals surface area contributed by atoms with Gasteiger partial charge in [0.25, 0.3) is 0 Å². The molecule has 0 bridgehead atoms. The Kier molecular flexibility index (Phi) is 5.38. The van der Waals surface area contributed by atoms with Gasteiger partial charge in [-0.15, -0.1) is 0 Å². The van der Waals surface area contributed by atoms with Crippen LogP contribution >= 0.6 is 39.1 Å². The highest BCUT2D eigenvalue weighted by molar-refractivity contribution is 9.10. The number of rotatable bonds is 3. The van der Waals surface area contributed by atoms with Crippen molar-refractivity contribution in [2.75, 3.05) is 11.9 Å². The second-order valence-electron chi connectivity index (χ2n) is 3.10. The molecule has 0 atom stereocenters. The van der Waals surface area contributed by atoms with E-state index in [4.69, 9.17) is 23.2 Å². The van der Waals surface area contributed by atoms with Crippen molar-refractivity contribution in [1.82, 2.24) is 5.32 Å². The van der Waals surface area contributed by atoms with Crippen LogP contribution in [0, 0.1) is 0 Å². The molecule has 0 radical (unpaired) electrons. The van der Waals surface area contributed by atoms with Crippen molar-refractivity contribution in [2.24, 2.45) is 0 Å². The fourth-order valence-electron chi connectivity index (χ4n) is 1.03. The van der Waals surface area contributed by atoms with Crippen LogP contribution in [-0.2, 0) is 0 Å². The third kappa shape index (κ3) is 3.54. The zero-order valence-electron chi connectivity index (χ0n) is 8.61. The minimum absolute atomic E-state index is 0.290. The first-order valence-electron chi connectivity index (χ1n) is 4.74. The molecule has 0 spiro atoms. The summed E-state index contributed by atoms with van der Waals surface area (Å²) in [6.07, 6.45) is 0.877. The highest BCUT2D eigenvalue weighted by atomic mass is 79.9. The Hall–Kier alpha value is -0.450. The summed E-state index contributed by atoms with van der Waals surface area (Å²) in [7, 11) is 0. The summed E-state index contributed by atoms with van der Waals surface area (Å²) >= 11 is 15.1. The molecule has 0 heterocycles. The van der Waals surface area contributed by atoms with Gasteiger partial charge in [-0.3, -0.25) is 0 Å². The Morgan fingerprint density at radius 1 is 1.38 bits per heavy atom. The van der Waals surface area contributed by atoms with Crippen LogP contribution in [0.2, 0.25) is 10.0 Å². The van der Waals surface area contributed by atoms with Crippen LogP contribution in [0.3, 0.4) is 0 Å². The summed E-state index contributed by atoms with van der Waals surface area (Å²) in [5.41, 5.74) is 0.489. The lowest BCUT2D eigenvalue weighted by atomic mass is 10.3. The highest BCUT2D eigenvalue weighted by Gasteiger charge is 2.10. The zero-order valence-corrected chi connectivity index (χ0v) is 11.7. The van der Waals surface area contributed by atoms with Crippen LogP contribution in [-0.4, -0.2) is 12.6 Å². The molecule has 1 aromatic rings. The van der Waals surface area contributed by atoms with Gasteiger partial charge in [0.2, 0.25) is 0 Å². The molecule has 3 nitrogen and oxygen atoms in total. The summed E-state index contributed by atoms with van der Waals surface area (Å²) in [5.74, 6) is 0. The molecule has 2 N–H and O–H groups in total. The molecule has 0 fully saturated rings. The highest BCUT2D eigenvalue weighted by Crippen LogP contribution is 2.35. The standard InChI is InChI=1S/C10H11BrCl2N2O/c1-2-5-14-10(16)15-7-4-3-6(11)8(12)9(7)13/h3-4H,2,5H2,1H3,(H2,14,15,16). The third-order valence-corrected chi connectivity index (χ3v) is 3.59. The Morgan fingerprint density at radius 2 is 2.06 bits per heavy atom. The summed E-state index contributed by atoms with van der Waals surface area (Å²) < 4.78 is 0.693. The molecule has 2 amide bonds. The van der Waals surface area contributed by atoms with Gasteiger partial charge in [-0.05, 0) is 34.5 Å². The molecule has 1 rings (SSSR count). The Morgan fingerprint density at radius 3 is 2.69 bits per heavy atom. The molecule has 88 valence electrons. The first-order valence-corrected chi connectivity index (χ1v) is 6.29. The maximum atomic E-state index is 11.4. The normalized spacial score (nSPS) is 10.0. The molecular weight excluding hydrogens is 315 g/mol. The Labute approximate surface area is 113 Å². The lowest BCUT2D eigenvalue weighted by Crippen LogP contribution is -2.29. The van der Waals surface area contributed by atoms with E-state index in [0.29, 0.717) is 26.8 Å². The topological polar surface area (TPSA) is 41.1 Å². The van der Waals surface area contributed by atoms with Crippen molar-refractivity contribution in [3.8, 4) is 0 Å². The molecule has 0 aliphatic carbocycles. The largest absolute Gasteiger partial charge is 0.338 e. The summed E-state index contributed by atoms with van der Waals surface area (Å²) in [4.78, 5) is 11.4. The van der Waals surface area contributed by atoms with E-state index < -0.39 is 0 Å². The maximum Gasteiger partial charge on any atom is 0.319 e. The number of hydrogen-bond donors (Lipinski definition) is 2. The quantitative estimate of drug-likeness (QED) is 0.800. The number of halogens is 3. The molecular formula is C10H11BrCl2N2O. The van der Waals surface area contributed by atoms with Gasteiger partial charge in [0.15, 0.2) is 0 Å². The Bertz CT molecular complexity index is 399. The van der Waals surface area contributed by atoms with E-state index in [-0.39, 0.29) is 6.03 Å². The molecule has 16 heavy (non-hydrogen) atoms. The van der Waals surface area contributed by atoms with E-state index in [1.54, 1.807) is 12.1 Å². The predicted octanol–water partition coefficient (Wildman–Crippen LogP) is 4.29. The maximum absolute atomic E-state index is 11.4. The number of carbonyl (C=O) groups excluding carboxylic acids is 1. The van der Waals surface area contributed by atoms with Crippen LogP contribution in [0.15, 0.2) is 16.6 Å². The van der Waals surface area contributed by atoms with Crippen LogP contribution in [0.5, 0.6) is 0 Å². The third-order valence-electron chi connectivity index (χ3n) is 1.82. The molecule has 0 unspecified atom stereocenters. The second kappa shape index (κ2) is 6.33. The number of nitrogens with one attached hydrogen (secondary N) is 2. The van der Waals surface area contributed by atoms with Crippen molar-refractivity contribution in [3.63, 3.8) is 0 Å². The molecule has 1 aromatic carbocycles. The van der Waals surface area contributed by atoms with Crippen molar-refractivity contribution >= 4 is 50.9 Å². The number of anilines is 1. The van der Waals surface area contributed by atoms with E-state index in [0.717, 1.165) is 6.42 Å². The second-order valence-corrected chi connectivity index (χ2v) is 4.71. The van der Waals surface area contributed by atoms with Crippen LogP contribution in [0.1, 0.15) is 13.3 Å². The van der Waals surface area contributed by atoms with Crippen molar-refractivity contribution in [1.29, 1.82) is 0 Å². The lowest BCUT2D eigenvalue weighted by Gasteiger charge is -2.09. The average Bonchev–Trinajstić information content (AvgIpc) is 2.27. The molecule has 0 aliphatic rings. The SMILES string of the molecule is CCCNC(=O)Nc1ccc(Br)c(Cl)c1Cl. The van der Waals surface area contributed by atoms with Crippen molar-refractivity contribution in [2.45, 2.75) is 13.3 Å². The van der Waals surface area contributed by atoms with Crippen LogP contribution in [0.4, 0.5) is 10.5 Å². The molecule has 0 saturated carbocycles. The van der Waals surface area contributed by atoms with Gasteiger partial charge in [0.1, 0.15) is 0 Å². The number of carbonyl (C=O) groups is 1. The number of amides is 2. The number of benzene rings is 1. The first kappa shape index (κ1) is 13.6. The van der Waals surface area contributed by atoms with Gasteiger partial charge in [-0.25, -0.2) is 4.79 Å². The van der Waals surface area contributed by atoms with E-state index in [9.17, 15) is 4.79 Å². The fraction of sp³-hybridized carbons (Fsp3) is 0.300. The average molecular weight is 326 g/mol. The first-order chi connectivity index (χ1) is 7.56. The molecule has 0 aromatic heterocycles. The van der Waals surface area contributed by atoms with E-state index in [1.807, 2.05) is 6.92 Å². The van der Waals surface area contributed by atoms with Crippen molar-refractivity contribution < 1.29 is 4.79 Å². The number of hydrogen-bond acceptors (Lipinski definition) is 1. The van der Waals surface area contributed by atoms with Gasteiger partial charge in [0, 0.05) is 11.0 Å².